The molecule has 162 valence electrons. The Kier molecular flexibility index (Phi) is 7.27. The summed E-state index contributed by atoms with van der Waals surface area (Å²) in [5.74, 6) is -0.703. The molecule has 2 saturated heterocycles. The average Bonchev–Trinajstić information content (AvgIpc) is 2.63. The molecule has 29 heavy (non-hydrogen) atoms. The van der Waals surface area contributed by atoms with Crippen molar-refractivity contribution in [3.63, 3.8) is 0 Å². The van der Waals surface area contributed by atoms with Crippen molar-refractivity contribution >= 4 is 29.1 Å². The fourth-order valence-corrected chi connectivity index (χ4v) is 3.75. The second kappa shape index (κ2) is 9.34. The first-order chi connectivity index (χ1) is 13.7. The second-order valence-electron chi connectivity index (χ2n) is 7.35. The van der Waals surface area contributed by atoms with Crippen LogP contribution < -0.4 is 10.1 Å². The Hall–Kier alpha value is -1.13. The van der Waals surface area contributed by atoms with Crippen molar-refractivity contribution in [1.29, 1.82) is 0 Å². The highest BCUT2D eigenvalue weighted by molar-refractivity contribution is 6.35. The van der Waals surface area contributed by atoms with Crippen LogP contribution >= 0.6 is 23.2 Å². The van der Waals surface area contributed by atoms with Crippen molar-refractivity contribution < 1.29 is 33.6 Å². The topological polar surface area (TPSA) is 95.5 Å². The van der Waals surface area contributed by atoms with Gasteiger partial charge in [-0.1, -0.05) is 23.2 Å². The van der Waals surface area contributed by atoms with Gasteiger partial charge < -0.3 is 34.1 Å². The van der Waals surface area contributed by atoms with Crippen LogP contribution in [0.3, 0.4) is 0 Å². The summed E-state index contributed by atoms with van der Waals surface area (Å²) in [7, 11) is 0. The minimum Gasteiger partial charge on any atom is -0.490 e. The lowest BCUT2D eigenvalue weighted by Crippen LogP contribution is -2.68. The quantitative estimate of drug-likeness (QED) is 0.642. The van der Waals surface area contributed by atoms with Crippen molar-refractivity contribution in [2.45, 2.75) is 57.2 Å². The monoisotopic (exact) mass is 449 g/mol. The molecule has 1 amide bonds. The van der Waals surface area contributed by atoms with Gasteiger partial charge in [-0.2, -0.15) is 0 Å². The van der Waals surface area contributed by atoms with E-state index in [2.05, 4.69) is 5.32 Å². The van der Waals surface area contributed by atoms with E-state index in [1.807, 2.05) is 0 Å². The third-order valence-corrected chi connectivity index (χ3v) is 5.11. The Morgan fingerprint density at radius 3 is 2.79 bits per heavy atom. The lowest BCUT2D eigenvalue weighted by molar-refractivity contribution is -0.369. The number of carbonyl (C=O) groups excluding carboxylic acids is 1. The molecule has 0 aromatic heterocycles. The highest BCUT2D eigenvalue weighted by atomic mass is 35.5. The lowest BCUT2D eigenvalue weighted by Gasteiger charge is -2.49. The number of fused-ring (bicyclic) bond motifs is 1. The number of carbonyl (C=O) groups is 1. The molecule has 2 N–H and O–H groups in total. The van der Waals surface area contributed by atoms with Gasteiger partial charge in [0, 0.05) is 11.9 Å². The number of hydrogen-bond donors (Lipinski definition) is 2. The molecular formula is C19H25Cl2NO7. The highest BCUT2D eigenvalue weighted by Gasteiger charge is 2.51. The van der Waals surface area contributed by atoms with Gasteiger partial charge in [-0.15, -0.1) is 0 Å². The largest absolute Gasteiger partial charge is 0.490 e. The smallest absolute Gasteiger partial charge is 0.217 e. The normalized spacial score (nSPS) is 31.0. The maximum Gasteiger partial charge on any atom is 0.217 e. The first kappa shape index (κ1) is 22.6. The van der Waals surface area contributed by atoms with Gasteiger partial charge in [0.1, 0.15) is 36.7 Å². The Morgan fingerprint density at radius 2 is 2.10 bits per heavy atom. The van der Waals surface area contributed by atoms with Gasteiger partial charge in [-0.25, -0.2) is 0 Å². The molecule has 2 heterocycles. The van der Waals surface area contributed by atoms with E-state index in [0.717, 1.165) is 0 Å². The van der Waals surface area contributed by atoms with Crippen molar-refractivity contribution in [1.82, 2.24) is 5.32 Å². The molecule has 0 unspecified atom stereocenters. The van der Waals surface area contributed by atoms with E-state index in [1.54, 1.807) is 32.0 Å². The van der Waals surface area contributed by atoms with Crippen molar-refractivity contribution in [2.24, 2.45) is 0 Å². The van der Waals surface area contributed by atoms with Crippen molar-refractivity contribution in [2.75, 3.05) is 19.8 Å². The summed E-state index contributed by atoms with van der Waals surface area (Å²) in [6.45, 7) is 5.42. The third-order valence-electron chi connectivity index (χ3n) is 4.58. The van der Waals surface area contributed by atoms with Crippen molar-refractivity contribution in [3.8, 4) is 5.75 Å². The molecule has 0 radical (unpaired) electrons. The molecule has 2 aliphatic rings. The van der Waals surface area contributed by atoms with Crippen LogP contribution in [-0.2, 0) is 23.7 Å². The molecule has 3 rings (SSSR count). The highest BCUT2D eigenvalue weighted by Crippen LogP contribution is 2.33. The van der Waals surface area contributed by atoms with Gasteiger partial charge in [-0.3, -0.25) is 4.79 Å². The van der Waals surface area contributed by atoms with Gasteiger partial charge >= 0.3 is 0 Å². The number of hydrogen-bond acceptors (Lipinski definition) is 7. The summed E-state index contributed by atoms with van der Waals surface area (Å²) in [4.78, 5) is 11.6. The molecular weight excluding hydrogens is 425 g/mol. The van der Waals surface area contributed by atoms with Crippen LogP contribution in [-0.4, -0.2) is 67.3 Å². The molecule has 0 spiro atoms. The van der Waals surface area contributed by atoms with E-state index in [0.29, 0.717) is 15.8 Å². The molecule has 0 bridgehead atoms. The standard InChI is InChI=1S/C19H25Cl2NO7/c1-10(23)22-15-16(24)17-14(9-27-19(2,3)29-17)28-18(15)26-7-6-25-13-5-4-11(20)8-12(13)21/h4-5,8,14-18,24H,6-7,9H2,1-3H3,(H,22,23)/t14-,15+,16-,17-,18-/m0/s1. The lowest BCUT2D eigenvalue weighted by atomic mass is 9.95. The van der Waals surface area contributed by atoms with Gasteiger partial charge in [0.05, 0.1) is 18.2 Å². The Labute approximate surface area is 179 Å². The fourth-order valence-electron chi connectivity index (χ4n) is 3.28. The maximum atomic E-state index is 11.6. The van der Waals surface area contributed by atoms with Gasteiger partial charge in [0.2, 0.25) is 5.91 Å². The van der Waals surface area contributed by atoms with E-state index in [9.17, 15) is 9.90 Å². The molecule has 1 aromatic carbocycles. The predicted molar refractivity (Wildman–Crippen MR) is 105 cm³/mol. The summed E-state index contributed by atoms with van der Waals surface area (Å²) >= 11 is 11.9. The van der Waals surface area contributed by atoms with E-state index in [1.165, 1.54) is 6.92 Å². The summed E-state index contributed by atoms with van der Waals surface area (Å²) in [6, 6.07) is 4.11. The van der Waals surface area contributed by atoms with Crippen LogP contribution in [0.1, 0.15) is 20.8 Å². The zero-order chi connectivity index (χ0) is 21.2. The minimum absolute atomic E-state index is 0.136. The van der Waals surface area contributed by atoms with Gasteiger partial charge in [-0.05, 0) is 32.0 Å². The average molecular weight is 450 g/mol. The van der Waals surface area contributed by atoms with Crippen LogP contribution in [0.15, 0.2) is 18.2 Å². The molecule has 0 saturated carbocycles. The summed E-state index contributed by atoms with van der Waals surface area (Å²) in [5.41, 5.74) is 0. The first-order valence-corrected chi connectivity index (χ1v) is 10.0. The Balaban J connectivity index is 1.59. The Morgan fingerprint density at radius 1 is 1.34 bits per heavy atom. The zero-order valence-corrected chi connectivity index (χ0v) is 17.9. The second-order valence-corrected chi connectivity index (χ2v) is 8.19. The van der Waals surface area contributed by atoms with E-state index in [-0.39, 0.29) is 25.7 Å². The van der Waals surface area contributed by atoms with Crippen LogP contribution in [0.25, 0.3) is 0 Å². The maximum absolute atomic E-state index is 11.6. The fraction of sp³-hybridized carbons (Fsp3) is 0.632. The number of aliphatic hydroxyl groups is 1. The molecule has 10 heteroatoms. The molecule has 8 nitrogen and oxygen atoms in total. The first-order valence-electron chi connectivity index (χ1n) is 9.28. The zero-order valence-electron chi connectivity index (χ0n) is 16.4. The minimum atomic E-state index is -1.03. The van der Waals surface area contributed by atoms with Crippen LogP contribution in [0.5, 0.6) is 5.75 Å². The SMILES string of the molecule is CC(=O)N[C@H]1[C@@H](OCCOc2ccc(Cl)cc2Cl)O[C@H]2COC(C)(C)O[C@@H]2[C@H]1O. The van der Waals surface area contributed by atoms with Crippen molar-refractivity contribution in [3.05, 3.63) is 28.2 Å². The number of rotatable bonds is 6. The molecule has 5 atom stereocenters. The predicted octanol–water partition coefficient (Wildman–Crippen LogP) is 2.13. The van der Waals surface area contributed by atoms with E-state index >= 15 is 0 Å². The molecule has 1 aromatic rings. The Bertz CT molecular complexity index is 733. The summed E-state index contributed by atoms with van der Waals surface area (Å²) in [6.07, 6.45) is -3.11. The molecule has 0 aliphatic carbocycles. The van der Waals surface area contributed by atoms with Gasteiger partial charge in [0.25, 0.3) is 0 Å². The summed E-state index contributed by atoms with van der Waals surface area (Å²) < 4.78 is 28.7. The van der Waals surface area contributed by atoms with Crippen LogP contribution in [0.4, 0.5) is 0 Å². The molecule has 2 fully saturated rings. The summed E-state index contributed by atoms with van der Waals surface area (Å²) in [5, 5.41) is 14.4. The molecule has 2 aliphatic heterocycles. The third kappa shape index (κ3) is 5.73. The van der Waals surface area contributed by atoms with Gasteiger partial charge in [0.15, 0.2) is 12.1 Å². The number of nitrogens with one attached hydrogen (secondary N) is 1. The number of amides is 1. The van der Waals surface area contributed by atoms with Crippen LogP contribution in [0.2, 0.25) is 10.0 Å². The van der Waals surface area contributed by atoms with E-state index < -0.39 is 36.4 Å². The van der Waals surface area contributed by atoms with Crippen LogP contribution in [0, 0.1) is 0 Å². The van der Waals surface area contributed by atoms with E-state index in [4.69, 9.17) is 46.9 Å². The number of ether oxygens (including phenoxy) is 5. The number of halogens is 2. The number of benzene rings is 1. The number of aliphatic hydroxyl groups excluding tert-OH is 1.